The molecular weight excluding hydrogens is 200 g/mol. The van der Waals surface area contributed by atoms with Gasteiger partial charge in [0.05, 0.1) is 17.4 Å². The lowest BCUT2D eigenvalue weighted by molar-refractivity contribution is 0.401. The van der Waals surface area contributed by atoms with Crippen molar-refractivity contribution < 1.29 is 0 Å². The first kappa shape index (κ1) is 10.9. The zero-order valence-electron chi connectivity index (χ0n) is 9.43. The maximum atomic E-state index is 9.05. The van der Waals surface area contributed by atoms with Crippen LogP contribution in [0.15, 0.2) is 18.5 Å². The van der Waals surface area contributed by atoms with E-state index in [2.05, 4.69) is 22.9 Å². The molecule has 0 amide bonds. The van der Waals surface area contributed by atoms with Crippen molar-refractivity contribution in [1.82, 2.24) is 4.98 Å². The summed E-state index contributed by atoms with van der Waals surface area (Å²) in [4.78, 5) is 6.26. The fourth-order valence-corrected chi connectivity index (χ4v) is 2.33. The van der Waals surface area contributed by atoms with Crippen LogP contribution in [0.25, 0.3) is 0 Å². The standard InChI is InChI=1S/C12H16N4/c1-9-4-11(14)8-16(7-9)12-6-15-3-2-10(12)5-13/h2-3,6,9,11H,4,7-8,14H2,1H3. The van der Waals surface area contributed by atoms with Crippen LogP contribution in [0.1, 0.15) is 18.9 Å². The van der Waals surface area contributed by atoms with E-state index in [4.69, 9.17) is 11.0 Å². The van der Waals surface area contributed by atoms with Crippen LogP contribution in [-0.2, 0) is 0 Å². The SMILES string of the molecule is CC1CC(N)CN(c2cnccc2C#N)C1. The summed E-state index contributed by atoms with van der Waals surface area (Å²) >= 11 is 0. The summed E-state index contributed by atoms with van der Waals surface area (Å²) in [5.41, 5.74) is 7.59. The highest BCUT2D eigenvalue weighted by Gasteiger charge is 2.23. The van der Waals surface area contributed by atoms with Crippen LogP contribution in [0.5, 0.6) is 0 Å². The van der Waals surface area contributed by atoms with Crippen molar-refractivity contribution in [2.24, 2.45) is 11.7 Å². The third-order valence-corrected chi connectivity index (χ3v) is 2.95. The van der Waals surface area contributed by atoms with E-state index in [1.165, 1.54) is 0 Å². The number of rotatable bonds is 1. The molecule has 2 unspecified atom stereocenters. The molecule has 4 heteroatoms. The topological polar surface area (TPSA) is 65.9 Å². The number of piperidine rings is 1. The molecule has 1 fully saturated rings. The Morgan fingerprint density at radius 1 is 1.56 bits per heavy atom. The van der Waals surface area contributed by atoms with Crippen molar-refractivity contribution in [3.8, 4) is 6.07 Å². The molecule has 4 nitrogen and oxygen atoms in total. The lowest BCUT2D eigenvalue weighted by Gasteiger charge is -2.36. The Hall–Kier alpha value is -1.60. The molecule has 1 aliphatic rings. The van der Waals surface area contributed by atoms with Gasteiger partial charge < -0.3 is 10.6 Å². The summed E-state index contributed by atoms with van der Waals surface area (Å²) < 4.78 is 0. The van der Waals surface area contributed by atoms with E-state index in [1.807, 2.05) is 0 Å². The predicted molar refractivity (Wildman–Crippen MR) is 62.9 cm³/mol. The number of hydrogen-bond donors (Lipinski definition) is 1. The summed E-state index contributed by atoms with van der Waals surface area (Å²) in [5.74, 6) is 0.565. The van der Waals surface area contributed by atoms with Crippen LogP contribution in [0.3, 0.4) is 0 Å². The van der Waals surface area contributed by atoms with Crippen LogP contribution in [-0.4, -0.2) is 24.1 Å². The molecule has 1 aromatic rings. The molecule has 0 radical (unpaired) electrons. The van der Waals surface area contributed by atoms with Crippen LogP contribution in [0.2, 0.25) is 0 Å². The molecule has 0 aromatic carbocycles. The molecule has 0 aliphatic carbocycles. The normalized spacial score (nSPS) is 25.2. The zero-order valence-corrected chi connectivity index (χ0v) is 9.43. The minimum Gasteiger partial charge on any atom is -0.367 e. The van der Waals surface area contributed by atoms with Gasteiger partial charge in [0, 0.05) is 25.3 Å². The van der Waals surface area contributed by atoms with Crippen LogP contribution < -0.4 is 10.6 Å². The molecule has 2 atom stereocenters. The van der Waals surface area contributed by atoms with Crippen LogP contribution >= 0.6 is 0 Å². The van der Waals surface area contributed by atoms with Gasteiger partial charge in [0.15, 0.2) is 0 Å². The Morgan fingerprint density at radius 2 is 2.38 bits per heavy atom. The lowest BCUT2D eigenvalue weighted by Crippen LogP contribution is -2.46. The number of nitriles is 1. The third-order valence-electron chi connectivity index (χ3n) is 2.95. The van der Waals surface area contributed by atoms with E-state index >= 15 is 0 Å². The minimum atomic E-state index is 0.190. The van der Waals surface area contributed by atoms with Gasteiger partial charge in [-0.15, -0.1) is 0 Å². The van der Waals surface area contributed by atoms with Gasteiger partial charge in [-0.25, -0.2) is 0 Å². The smallest absolute Gasteiger partial charge is 0.101 e. The number of anilines is 1. The maximum absolute atomic E-state index is 9.05. The van der Waals surface area contributed by atoms with Gasteiger partial charge in [0.25, 0.3) is 0 Å². The highest BCUT2D eigenvalue weighted by Crippen LogP contribution is 2.24. The van der Waals surface area contributed by atoms with Crippen molar-refractivity contribution in [2.45, 2.75) is 19.4 Å². The first-order valence-corrected chi connectivity index (χ1v) is 5.55. The quantitative estimate of drug-likeness (QED) is 0.764. The lowest BCUT2D eigenvalue weighted by atomic mass is 9.96. The Balaban J connectivity index is 2.26. The molecule has 0 spiro atoms. The number of hydrogen-bond acceptors (Lipinski definition) is 4. The van der Waals surface area contributed by atoms with Gasteiger partial charge >= 0.3 is 0 Å². The Kier molecular flexibility index (Phi) is 3.07. The van der Waals surface area contributed by atoms with Gasteiger partial charge in [-0.05, 0) is 18.4 Å². The summed E-state index contributed by atoms with van der Waals surface area (Å²) in [7, 11) is 0. The Morgan fingerprint density at radius 3 is 3.06 bits per heavy atom. The highest BCUT2D eigenvalue weighted by atomic mass is 15.2. The Labute approximate surface area is 95.7 Å². The summed E-state index contributed by atoms with van der Waals surface area (Å²) in [5, 5.41) is 9.05. The minimum absolute atomic E-state index is 0.190. The predicted octanol–water partition coefficient (Wildman–Crippen LogP) is 1.13. The van der Waals surface area contributed by atoms with E-state index in [1.54, 1.807) is 18.5 Å². The highest BCUT2D eigenvalue weighted by molar-refractivity contribution is 5.57. The Bertz CT molecular complexity index is 400. The van der Waals surface area contributed by atoms with Gasteiger partial charge in [-0.2, -0.15) is 5.26 Å². The van der Waals surface area contributed by atoms with E-state index < -0.39 is 0 Å². The van der Waals surface area contributed by atoms with Crippen molar-refractivity contribution in [3.63, 3.8) is 0 Å². The molecular formula is C12H16N4. The van der Waals surface area contributed by atoms with Crippen LogP contribution in [0.4, 0.5) is 5.69 Å². The number of aromatic nitrogens is 1. The average Bonchev–Trinajstić information content (AvgIpc) is 2.27. The second-order valence-corrected chi connectivity index (χ2v) is 4.51. The maximum Gasteiger partial charge on any atom is 0.101 e. The first-order valence-electron chi connectivity index (χ1n) is 5.55. The molecule has 2 rings (SSSR count). The fraction of sp³-hybridized carbons (Fsp3) is 0.500. The second kappa shape index (κ2) is 4.50. The summed E-state index contributed by atoms with van der Waals surface area (Å²) in [6.45, 7) is 3.95. The van der Waals surface area contributed by atoms with Crippen molar-refractivity contribution in [1.29, 1.82) is 5.26 Å². The largest absolute Gasteiger partial charge is 0.367 e. The molecule has 1 saturated heterocycles. The number of pyridine rings is 1. The van der Waals surface area contributed by atoms with E-state index in [0.29, 0.717) is 11.5 Å². The van der Waals surface area contributed by atoms with Gasteiger partial charge in [0.1, 0.15) is 6.07 Å². The van der Waals surface area contributed by atoms with E-state index in [0.717, 1.165) is 25.2 Å². The number of nitrogens with zero attached hydrogens (tertiary/aromatic N) is 3. The summed E-state index contributed by atoms with van der Waals surface area (Å²) in [6.07, 6.45) is 4.46. The average molecular weight is 216 g/mol. The molecule has 1 aromatic heterocycles. The van der Waals surface area contributed by atoms with E-state index in [9.17, 15) is 0 Å². The van der Waals surface area contributed by atoms with Gasteiger partial charge in [0.2, 0.25) is 0 Å². The van der Waals surface area contributed by atoms with E-state index in [-0.39, 0.29) is 6.04 Å². The molecule has 16 heavy (non-hydrogen) atoms. The molecule has 2 N–H and O–H groups in total. The van der Waals surface area contributed by atoms with Crippen molar-refractivity contribution >= 4 is 5.69 Å². The van der Waals surface area contributed by atoms with Gasteiger partial charge in [-0.1, -0.05) is 6.92 Å². The molecule has 1 aliphatic heterocycles. The monoisotopic (exact) mass is 216 g/mol. The molecule has 84 valence electrons. The van der Waals surface area contributed by atoms with Gasteiger partial charge in [-0.3, -0.25) is 4.98 Å². The number of nitrogens with two attached hydrogens (primary N) is 1. The second-order valence-electron chi connectivity index (χ2n) is 4.51. The molecule has 2 heterocycles. The first-order chi connectivity index (χ1) is 7.70. The van der Waals surface area contributed by atoms with Crippen molar-refractivity contribution in [2.75, 3.05) is 18.0 Å². The fourth-order valence-electron chi connectivity index (χ4n) is 2.33. The molecule has 0 bridgehead atoms. The zero-order chi connectivity index (χ0) is 11.5. The summed E-state index contributed by atoms with van der Waals surface area (Å²) in [6, 6.07) is 4.14. The van der Waals surface area contributed by atoms with Crippen LogP contribution in [0, 0.1) is 17.2 Å². The van der Waals surface area contributed by atoms with Crippen molar-refractivity contribution in [3.05, 3.63) is 24.0 Å². The molecule has 0 saturated carbocycles. The third kappa shape index (κ3) is 2.15.